The Bertz CT molecular complexity index is 576. The van der Waals surface area contributed by atoms with Crippen molar-refractivity contribution in [2.75, 3.05) is 18.0 Å². The fourth-order valence-electron chi connectivity index (χ4n) is 2.63. The molecule has 3 rings (SSSR count). The number of nitrogens with one attached hydrogen (secondary N) is 1. The monoisotopic (exact) mass is 295 g/mol. The molecular weight excluding hydrogens is 274 g/mol. The highest BCUT2D eigenvalue weighted by Crippen LogP contribution is 2.28. The van der Waals surface area contributed by atoms with Crippen LogP contribution < -0.4 is 9.62 Å². The lowest BCUT2D eigenvalue weighted by atomic mass is 10.1. The molecule has 0 radical (unpaired) electrons. The largest absolute Gasteiger partial charge is 0.356 e. The summed E-state index contributed by atoms with van der Waals surface area (Å²) in [5.74, 6) is 0.994. The van der Waals surface area contributed by atoms with Gasteiger partial charge in [0, 0.05) is 25.3 Å². The van der Waals surface area contributed by atoms with Crippen LogP contribution in [-0.4, -0.2) is 37.8 Å². The van der Waals surface area contributed by atoms with E-state index < -0.39 is 10.0 Å². The first kappa shape index (κ1) is 13.8. The maximum absolute atomic E-state index is 11.9. The van der Waals surface area contributed by atoms with Crippen molar-refractivity contribution in [2.24, 2.45) is 0 Å². The number of aryl methyl sites for hydroxylation is 1. The second-order valence-electron chi connectivity index (χ2n) is 5.81. The van der Waals surface area contributed by atoms with E-state index in [9.17, 15) is 8.42 Å². The van der Waals surface area contributed by atoms with Crippen LogP contribution in [-0.2, 0) is 10.0 Å². The zero-order chi connectivity index (χ0) is 14.2. The highest BCUT2D eigenvalue weighted by molar-refractivity contribution is 7.90. The highest BCUT2D eigenvalue weighted by atomic mass is 32.2. The third-order valence-corrected chi connectivity index (χ3v) is 6.03. The van der Waals surface area contributed by atoms with E-state index >= 15 is 0 Å². The van der Waals surface area contributed by atoms with Gasteiger partial charge in [-0.15, -0.1) is 0 Å². The van der Waals surface area contributed by atoms with Crippen molar-refractivity contribution in [2.45, 2.75) is 43.9 Å². The second-order valence-corrected chi connectivity index (χ2v) is 7.81. The van der Waals surface area contributed by atoms with Crippen LogP contribution in [0.25, 0.3) is 0 Å². The molecule has 1 aliphatic carbocycles. The Morgan fingerprint density at radius 2 is 1.95 bits per heavy atom. The number of pyridine rings is 1. The first-order valence-corrected chi connectivity index (χ1v) is 8.78. The van der Waals surface area contributed by atoms with Gasteiger partial charge in [-0.1, -0.05) is 0 Å². The summed E-state index contributed by atoms with van der Waals surface area (Å²) in [6, 6.07) is 4.15. The normalized spacial score (nSPS) is 21.1. The van der Waals surface area contributed by atoms with E-state index in [4.69, 9.17) is 0 Å². The molecule has 0 amide bonds. The third kappa shape index (κ3) is 3.12. The Kier molecular flexibility index (Phi) is 3.69. The average molecular weight is 295 g/mol. The smallest absolute Gasteiger partial charge is 0.214 e. The van der Waals surface area contributed by atoms with Gasteiger partial charge in [0.25, 0.3) is 0 Å². The lowest BCUT2D eigenvalue weighted by Gasteiger charge is -2.33. The molecule has 1 saturated heterocycles. The van der Waals surface area contributed by atoms with E-state index in [1.54, 1.807) is 0 Å². The number of piperidine rings is 1. The SMILES string of the molecule is Cc1ccnc(N2CCC(NS(=O)(=O)C3CC3)CC2)c1. The Balaban J connectivity index is 1.57. The van der Waals surface area contributed by atoms with Crippen LogP contribution in [0.3, 0.4) is 0 Å². The molecule has 1 N–H and O–H groups in total. The van der Waals surface area contributed by atoms with Gasteiger partial charge in [-0.2, -0.15) is 0 Å². The van der Waals surface area contributed by atoms with Crippen LogP contribution in [0.5, 0.6) is 0 Å². The second kappa shape index (κ2) is 5.33. The van der Waals surface area contributed by atoms with E-state index in [2.05, 4.69) is 27.6 Å². The Hall–Kier alpha value is -1.14. The van der Waals surface area contributed by atoms with Gasteiger partial charge in [-0.3, -0.25) is 0 Å². The number of hydrogen-bond donors (Lipinski definition) is 1. The summed E-state index contributed by atoms with van der Waals surface area (Å²) >= 11 is 0. The summed E-state index contributed by atoms with van der Waals surface area (Å²) in [7, 11) is -3.06. The number of sulfonamides is 1. The minimum Gasteiger partial charge on any atom is -0.356 e. The molecule has 2 heterocycles. The van der Waals surface area contributed by atoms with Gasteiger partial charge in [0.2, 0.25) is 10.0 Å². The van der Waals surface area contributed by atoms with Crippen LogP contribution in [0.15, 0.2) is 18.3 Å². The molecular formula is C14H21N3O2S. The first-order valence-electron chi connectivity index (χ1n) is 7.23. The fraction of sp³-hybridized carbons (Fsp3) is 0.643. The van der Waals surface area contributed by atoms with E-state index in [-0.39, 0.29) is 11.3 Å². The summed E-state index contributed by atoms with van der Waals surface area (Å²) in [5, 5.41) is -0.126. The van der Waals surface area contributed by atoms with Crippen LogP contribution in [0.1, 0.15) is 31.2 Å². The molecule has 0 bridgehead atoms. The van der Waals surface area contributed by atoms with Crippen LogP contribution >= 0.6 is 0 Å². The van der Waals surface area contributed by atoms with Gasteiger partial charge < -0.3 is 4.90 Å². The molecule has 1 aromatic heterocycles. The molecule has 0 unspecified atom stereocenters. The molecule has 2 fully saturated rings. The van der Waals surface area contributed by atoms with E-state index in [0.29, 0.717) is 0 Å². The fourth-order valence-corrected chi connectivity index (χ4v) is 4.28. The van der Waals surface area contributed by atoms with Gasteiger partial charge in [-0.05, 0) is 50.3 Å². The lowest BCUT2D eigenvalue weighted by Crippen LogP contribution is -2.45. The number of aromatic nitrogens is 1. The molecule has 0 spiro atoms. The summed E-state index contributed by atoms with van der Waals surface area (Å²) in [6.45, 7) is 3.77. The predicted molar refractivity (Wildman–Crippen MR) is 79.3 cm³/mol. The van der Waals surface area contributed by atoms with Gasteiger partial charge in [0.15, 0.2) is 0 Å². The summed E-state index contributed by atoms with van der Waals surface area (Å²) in [5.41, 5.74) is 1.20. The van der Waals surface area contributed by atoms with Gasteiger partial charge >= 0.3 is 0 Å². The van der Waals surface area contributed by atoms with Gasteiger partial charge in [-0.25, -0.2) is 18.1 Å². The quantitative estimate of drug-likeness (QED) is 0.913. The van der Waals surface area contributed by atoms with Crippen LogP contribution in [0.4, 0.5) is 5.82 Å². The molecule has 1 aliphatic heterocycles. The highest BCUT2D eigenvalue weighted by Gasteiger charge is 2.37. The molecule has 0 atom stereocenters. The molecule has 110 valence electrons. The third-order valence-electron chi connectivity index (χ3n) is 4.01. The standard InChI is InChI=1S/C14H21N3O2S/c1-11-4-7-15-14(10-11)17-8-5-12(6-9-17)16-20(18,19)13-2-3-13/h4,7,10,12-13,16H,2-3,5-6,8-9H2,1H3. The van der Waals surface area contributed by atoms with Crippen molar-refractivity contribution in [1.82, 2.24) is 9.71 Å². The van der Waals surface area contributed by atoms with Crippen molar-refractivity contribution >= 4 is 15.8 Å². The summed E-state index contributed by atoms with van der Waals surface area (Å²) in [6.07, 6.45) is 5.17. The summed E-state index contributed by atoms with van der Waals surface area (Å²) < 4.78 is 26.7. The maximum atomic E-state index is 11.9. The van der Waals surface area contributed by atoms with E-state index in [1.165, 1.54) is 5.56 Å². The van der Waals surface area contributed by atoms with Crippen molar-refractivity contribution in [3.63, 3.8) is 0 Å². The first-order chi connectivity index (χ1) is 9.54. The molecule has 1 saturated carbocycles. The number of anilines is 1. The number of rotatable bonds is 4. The minimum atomic E-state index is -3.06. The average Bonchev–Trinajstić information content (AvgIpc) is 3.24. The zero-order valence-corrected chi connectivity index (χ0v) is 12.6. The predicted octanol–water partition coefficient (Wildman–Crippen LogP) is 1.44. The van der Waals surface area contributed by atoms with Gasteiger partial charge in [0.1, 0.15) is 5.82 Å². The van der Waals surface area contributed by atoms with Crippen LogP contribution in [0, 0.1) is 6.92 Å². The molecule has 1 aromatic rings. The van der Waals surface area contributed by atoms with Crippen molar-refractivity contribution in [1.29, 1.82) is 0 Å². The molecule has 20 heavy (non-hydrogen) atoms. The van der Waals surface area contributed by atoms with Crippen molar-refractivity contribution in [3.05, 3.63) is 23.9 Å². The Labute approximate surface area is 120 Å². The zero-order valence-electron chi connectivity index (χ0n) is 11.7. The van der Waals surface area contributed by atoms with Crippen LogP contribution in [0.2, 0.25) is 0 Å². The molecule has 5 nitrogen and oxygen atoms in total. The summed E-state index contributed by atoms with van der Waals surface area (Å²) in [4.78, 5) is 6.62. The molecule has 6 heteroatoms. The Morgan fingerprint density at radius 3 is 2.55 bits per heavy atom. The number of hydrogen-bond acceptors (Lipinski definition) is 4. The molecule has 0 aromatic carbocycles. The Morgan fingerprint density at radius 1 is 1.25 bits per heavy atom. The molecule has 2 aliphatic rings. The topological polar surface area (TPSA) is 62.3 Å². The van der Waals surface area contributed by atoms with Gasteiger partial charge in [0.05, 0.1) is 5.25 Å². The number of nitrogens with zero attached hydrogens (tertiary/aromatic N) is 2. The van der Waals surface area contributed by atoms with Crippen molar-refractivity contribution in [3.8, 4) is 0 Å². The van der Waals surface area contributed by atoms with Crippen molar-refractivity contribution < 1.29 is 8.42 Å². The van der Waals surface area contributed by atoms with E-state index in [0.717, 1.165) is 44.6 Å². The van der Waals surface area contributed by atoms with E-state index in [1.807, 2.05) is 12.3 Å². The minimum absolute atomic E-state index is 0.0849. The lowest BCUT2D eigenvalue weighted by molar-refractivity contribution is 0.458. The maximum Gasteiger partial charge on any atom is 0.214 e.